The molecule has 9 nitrogen and oxygen atoms in total. The molecule has 0 spiro atoms. The smallest absolute Gasteiger partial charge is 0.416 e. The van der Waals surface area contributed by atoms with Gasteiger partial charge in [-0.3, -0.25) is 0 Å². The molecule has 0 aliphatic carbocycles. The number of anilines is 3. The predicted octanol–water partition coefficient (Wildman–Crippen LogP) is 10.3. The summed E-state index contributed by atoms with van der Waals surface area (Å²) in [5.41, 5.74) is 21.5. The number of para-hydroxylation sites is 3. The predicted molar refractivity (Wildman–Crippen MR) is 346 cm³/mol. The molecule has 10 rings (SSSR count). The molecule has 0 aromatic heterocycles. The van der Waals surface area contributed by atoms with E-state index in [4.69, 9.17) is 27.9 Å². The van der Waals surface area contributed by atoms with Crippen molar-refractivity contribution >= 4 is 92.1 Å². The number of nitrogens with zero attached hydrogens (tertiary/aromatic N) is 3. The van der Waals surface area contributed by atoms with E-state index in [9.17, 15) is 0 Å². The highest BCUT2D eigenvalue weighted by atomic mass is 16.7. The van der Waals surface area contributed by atoms with E-state index < -0.39 is 75.9 Å². The molecule has 0 unspecified atom stereocenters. The van der Waals surface area contributed by atoms with Crippen LogP contribution in [0.5, 0.6) is 0 Å². The fraction of sp³-hybridized carbons (Fsp3) is 0.455. The van der Waals surface area contributed by atoms with Crippen LogP contribution in [-0.2, 0) is 27.9 Å². The molecule has 0 saturated carbocycles. The zero-order valence-electron chi connectivity index (χ0n) is 53.4. The number of hydrogen-bond acceptors (Lipinski definition) is 9. The third kappa shape index (κ3) is 9.20. The van der Waals surface area contributed by atoms with Crippen molar-refractivity contribution in [2.75, 3.05) is 14.2 Å². The lowest BCUT2D eigenvalue weighted by Gasteiger charge is -2.58. The van der Waals surface area contributed by atoms with Gasteiger partial charge in [-0.2, -0.15) is 0 Å². The van der Waals surface area contributed by atoms with Crippen molar-refractivity contribution in [2.45, 2.75) is 200 Å². The Morgan fingerprint density at radius 2 is 0.383 bits per heavy atom. The summed E-state index contributed by atoms with van der Waals surface area (Å²) in [4.78, 5) is 0. The molecular weight excluding hydrogens is 996 g/mol. The van der Waals surface area contributed by atoms with E-state index in [-0.39, 0.29) is 0 Å². The first-order valence-electron chi connectivity index (χ1n) is 29.6. The normalized spacial score (nSPS) is 19.9. The quantitative estimate of drug-likeness (QED) is 0.132. The zero-order valence-corrected chi connectivity index (χ0v) is 53.4. The standard InChI is InChI=1S/C66H87B6N3O6/c1-40-46(7)58(70-76-61(13,14)62(15,16)77-70)47(8)41(2)55(40)67-73(52-34-28-25-29-35-52)68(56-42(3)48(9)59(49(10)43(56)4)71-78-63(17,18)64(19,20)79-71)75(54-38-32-27-33-39-54)69(74(67)53-36-30-26-31-37-53)57-44(5)50(11)60(51(12)45(57)6)72-80-65(21,22)66(23,24)81-72/h25-39H,1-24H3. The fourth-order valence-electron chi connectivity index (χ4n) is 13.5. The Balaban J connectivity index is 1.36. The number of rotatable bonds is 9. The minimum absolute atomic E-state index is 0.404. The Morgan fingerprint density at radius 1 is 0.235 bits per heavy atom. The van der Waals surface area contributed by atoms with E-state index >= 15 is 0 Å². The Morgan fingerprint density at radius 3 is 0.543 bits per heavy atom. The highest BCUT2D eigenvalue weighted by molar-refractivity contribution is 7.15. The number of hydrogen-bond donors (Lipinski definition) is 0. The van der Waals surface area contributed by atoms with Crippen LogP contribution in [0, 0.1) is 83.1 Å². The zero-order chi connectivity index (χ0) is 59.2. The van der Waals surface area contributed by atoms with Gasteiger partial charge in [-0.25, -0.2) is 0 Å². The SMILES string of the molecule is Cc1c(C)c(B2N(c3ccccc3)B(c3c(C)c(C)c(B4OC(C)(C)C(C)(C)O4)c(C)c3C)N(c3ccccc3)B(c3c(C)c(C)c(B4OC(C)(C)C(C)(C)O4)c(C)c3C)N2c2ccccc2)c(C)c(C)c1B1OC(C)(C)C(C)(C)O1. The maximum atomic E-state index is 6.95. The summed E-state index contributed by atoms with van der Waals surface area (Å²) >= 11 is 0. The second kappa shape index (κ2) is 20.3. The van der Waals surface area contributed by atoms with E-state index in [0.29, 0.717) is 0 Å². The van der Waals surface area contributed by atoms with E-state index in [1.165, 1.54) is 83.1 Å². The highest BCUT2D eigenvalue weighted by Gasteiger charge is 2.61. The van der Waals surface area contributed by atoms with Crippen LogP contribution in [0.2, 0.25) is 0 Å². The van der Waals surface area contributed by atoms with Crippen LogP contribution in [0.25, 0.3) is 0 Å². The van der Waals surface area contributed by atoms with Gasteiger partial charge in [0.15, 0.2) is 0 Å². The van der Waals surface area contributed by atoms with Gasteiger partial charge in [0.1, 0.15) is 0 Å². The van der Waals surface area contributed by atoms with Gasteiger partial charge in [-0.05, 0) is 302 Å². The Labute approximate surface area is 489 Å². The van der Waals surface area contributed by atoms with Crippen molar-refractivity contribution in [2.24, 2.45) is 0 Å². The average molecular weight is 1080 g/mol. The van der Waals surface area contributed by atoms with Crippen molar-refractivity contribution < 1.29 is 27.9 Å². The summed E-state index contributed by atoms with van der Waals surface area (Å²) < 4.78 is 49.9. The minimum atomic E-state index is -0.533. The molecule has 0 amide bonds. The lowest BCUT2D eigenvalue weighted by molar-refractivity contribution is 0.00578. The Kier molecular flexibility index (Phi) is 14.8. The first-order valence-corrected chi connectivity index (χ1v) is 29.6. The van der Waals surface area contributed by atoms with Crippen molar-refractivity contribution in [1.82, 2.24) is 0 Å². The van der Waals surface area contributed by atoms with Crippen LogP contribution in [-0.4, -0.2) is 75.9 Å². The molecule has 4 saturated heterocycles. The van der Waals surface area contributed by atoms with Crippen LogP contribution in [0.3, 0.4) is 0 Å². The highest BCUT2D eigenvalue weighted by Crippen LogP contribution is 2.42. The molecule has 0 radical (unpaired) electrons. The lowest BCUT2D eigenvalue weighted by atomic mass is 9.35. The molecule has 15 heteroatoms. The first kappa shape index (κ1) is 59.0. The molecular formula is C66H87B6N3O6. The lowest BCUT2D eigenvalue weighted by Crippen LogP contribution is -2.87. The van der Waals surface area contributed by atoms with Gasteiger partial charge in [0.05, 0.1) is 33.6 Å². The average Bonchev–Trinajstić information content (AvgIpc) is 3.73. The summed E-state index contributed by atoms with van der Waals surface area (Å²) in [5.74, 6) is 0. The molecule has 0 atom stereocenters. The Bertz CT molecular complexity index is 2940. The topological polar surface area (TPSA) is 65.1 Å². The monoisotopic (exact) mass is 1080 g/mol. The third-order valence-electron chi connectivity index (χ3n) is 21.2. The molecule has 4 aliphatic rings. The largest absolute Gasteiger partial charge is 0.495 e. The van der Waals surface area contributed by atoms with E-state index in [1.807, 2.05) is 0 Å². The van der Waals surface area contributed by atoms with Crippen LogP contribution < -0.4 is 46.9 Å². The summed E-state index contributed by atoms with van der Waals surface area (Å²) in [6.45, 7) is 52.2. The van der Waals surface area contributed by atoms with Crippen molar-refractivity contribution in [3.05, 3.63) is 158 Å². The molecule has 6 aromatic rings. The summed E-state index contributed by atoms with van der Waals surface area (Å²) in [5, 5.41) is 0. The molecule has 420 valence electrons. The summed E-state index contributed by atoms with van der Waals surface area (Å²) in [6, 6.07) is 33.4. The van der Waals surface area contributed by atoms with Crippen molar-refractivity contribution in [3.63, 3.8) is 0 Å². The maximum Gasteiger partial charge on any atom is 0.495 e. The van der Waals surface area contributed by atoms with Gasteiger partial charge >= 0.3 is 42.3 Å². The van der Waals surface area contributed by atoms with Crippen LogP contribution in [0.4, 0.5) is 17.1 Å². The molecule has 0 bridgehead atoms. The van der Waals surface area contributed by atoms with Gasteiger partial charge in [0, 0.05) is 17.1 Å². The fourth-order valence-corrected chi connectivity index (χ4v) is 13.5. The van der Waals surface area contributed by atoms with Crippen LogP contribution in [0.15, 0.2) is 91.0 Å². The molecule has 6 aromatic carbocycles. The van der Waals surface area contributed by atoms with Gasteiger partial charge < -0.3 is 42.1 Å². The second-order valence-electron chi connectivity index (χ2n) is 27.1. The van der Waals surface area contributed by atoms with E-state index in [1.54, 1.807) is 0 Å². The Hall–Kier alpha value is -5.13. The summed E-state index contributed by atoms with van der Waals surface area (Å²) in [7, 11) is -1.60. The van der Waals surface area contributed by atoms with Crippen molar-refractivity contribution in [3.8, 4) is 0 Å². The molecule has 4 aliphatic heterocycles. The van der Waals surface area contributed by atoms with Gasteiger partial charge in [-0.15, -0.1) is 0 Å². The molecule has 0 N–H and O–H groups in total. The van der Waals surface area contributed by atoms with Crippen molar-refractivity contribution in [1.29, 1.82) is 0 Å². The molecule has 4 heterocycles. The third-order valence-corrected chi connectivity index (χ3v) is 21.2. The number of benzene rings is 6. The first-order chi connectivity index (χ1) is 37.7. The van der Waals surface area contributed by atoms with E-state index in [2.05, 4.69) is 271 Å². The minimum Gasteiger partial charge on any atom is -0.416 e. The van der Waals surface area contributed by atoms with Gasteiger partial charge in [-0.1, -0.05) is 54.6 Å². The van der Waals surface area contributed by atoms with E-state index in [0.717, 1.165) is 33.5 Å². The molecule has 4 fully saturated rings. The molecule has 81 heavy (non-hydrogen) atoms. The van der Waals surface area contributed by atoms with Crippen LogP contribution >= 0.6 is 0 Å². The van der Waals surface area contributed by atoms with Gasteiger partial charge in [0.25, 0.3) is 0 Å². The van der Waals surface area contributed by atoms with Gasteiger partial charge in [0.2, 0.25) is 0 Å². The van der Waals surface area contributed by atoms with Crippen LogP contribution in [0.1, 0.15) is 150 Å². The summed E-state index contributed by atoms with van der Waals surface area (Å²) in [6.07, 6.45) is 0. The second-order valence-corrected chi connectivity index (χ2v) is 27.1. The maximum absolute atomic E-state index is 6.95.